The van der Waals surface area contributed by atoms with Gasteiger partial charge in [0.25, 0.3) is 0 Å². The maximum Gasteiger partial charge on any atom is 0.235 e. The summed E-state index contributed by atoms with van der Waals surface area (Å²) in [5.74, 6) is -0.288. The summed E-state index contributed by atoms with van der Waals surface area (Å²) in [6.45, 7) is 4.50. The molecule has 0 atom stereocenters. The van der Waals surface area contributed by atoms with Crippen molar-refractivity contribution in [3.05, 3.63) is 0 Å². The molecule has 0 fully saturated rings. The van der Waals surface area contributed by atoms with Crippen LogP contribution in [0.1, 0.15) is 26.7 Å². The molecule has 0 spiro atoms. The maximum atomic E-state index is 11.5. The van der Waals surface area contributed by atoms with Crippen LogP contribution in [0.25, 0.3) is 0 Å². The van der Waals surface area contributed by atoms with Gasteiger partial charge in [-0.2, -0.15) is 4.31 Å². The van der Waals surface area contributed by atoms with Crippen LogP contribution in [0, 0.1) is 0 Å². The number of halogens is 1. The van der Waals surface area contributed by atoms with Gasteiger partial charge in [-0.15, -0.1) is 11.6 Å². The second kappa shape index (κ2) is 7.86. The summed E-state index contributed by atoms with van der Waals surface area (Å²) < 4.78 is 24.1. The number of carbonyl (C=O) groups is 1. The van der Waals surface area contributed by atoms with Gasteiger partial charge in [0.05, 0.1) is 6.54 Å². The third-order valence-corrected chi connectivity index (χ3v) is 4.10. The van der Waals surface area contributed by atoms with Crippen molar-refractivity contribution >= 4 is 27.5 Å². The van der Waals surface area contributed by atoms with Crippen LogP contribution in [0.4, 0.5) is 0 Å². The molecule has 0 aliphatic heterocycles. The summed E-state index contributed by atoms with van der Waals surface area (Å²) in [6, 6.07) is 0. The molecule has 0 saturated heterocycles. The standard InChI is InChI=1S/C9H19ClN2O3S/c1-3-5-11-9(13)7-12(6-4-2)16(14,15)8-10/h3-8H2,1-2H3,(H,11,13). The molecule has 7 heteroatoms. The summed E-state index contributed by atoms with van der Waals surface area (Å²) in [7, 11) is -3.50. The van der Waals surface area contributed by atoms with Gasteiger partial charge in [-0.05, 0) is 12.8 Å². The number of carbonyl (C=O) groups excluding carboxylic acids is 1. The van der Waals surface area contributed by atoms with Crippen LogP contribution in [0.15, 0.2) is 0 Å². The van der Waals surface area contributed by atoms with E-state index in [1.165, 1.54) is 0 Å². The first-order valence-electron chi connectivity index (χ1n) is 5.28. The maximum absolute atomic E-state index is 11.5. The fourth-order valence-electron chi connectivity index (χ4n) is 1.12. The zero-order valence-electron chi connectivity index (χ0n) is 9.70. The second-order valence-corrected chi connectivity index (χ2v) is 5.96. The van der Waals surface area contributed by atoms with E-state index in [9.17, 15) is 13.2 Å². The van der Waals surface area contributed by atoms with E-state index in [0.29, 0.717) is 19.5 Å². The van der Waals surface area contributed by atoms with Crippen LogP contribution in [0.2, 0.25) is 0 Å². The Hall–Kier alpha value is -0.330. The predicted molar refractivity (Wildman–Crippen MR) is 64.8 cm³/mol. The fourth-order valence-corrected chi connectivity index (χ4v) is 2.44. The smallest absolute Gasteiger partial charge is 0.235 e. The average Bonchev–Trinajstić information content (AvgIpc) is 2.25. The second-order valence-electron chi connectivity index (χ2n) is 3.40. The molecule has 16 heavy (non-hydrogen) atoms. The van der Waals surface area contributed by atoms with Gasteiger partial charge < -0.3 is 5.32 Å². The molecule has 0 rings (SSSR count). The molecule has 0 heterocycles. The number of hydrogen-bond acceptors (Lipinski definition) is 3. The number of alkyl halides is 1. The molecule has 0 radical (unpaired) electrons. The summed E-state index contributed by atoms with van der Waals surface area (Å²) >= 11 is 5.35. The highest BCUT2D eigenvalue weighted by molar-refractivity contribution is 7.90. The molecular formula is C9H19ClN2O3S. The minimum atomic E-state index is -3.50. The van der Waals surface area contributed by atoms with Gasteiger partial charge in [-0.1, -0.05) is 13.8 Å². The van der Waals surface area contributed by atoms with E-state index in [0.717, 1.165) is 10.7 Å². The van der Waals surface area contributed by atoms with Gasteiger partial charge in [-0.3, -0.25) is 4.79 Å². The van der Waals surface area contributed by atoms with E-state index in [1.54, 1.807) is 0 Å². The van der Waals surface area contributed by atoms with Crippen LogP contribution in [-0.4, -0.2) is 43.5 Å². The molecule has 5 nitrogen and oxygen atoms in total. The largest absolute Gasteiger partial charge is 0.355 e. The monoisotopic (exact) mass is 270 g/mol. The van der Waals surface area contributed by atoms with Gasteiger partial charge in [0.15, 0.2) is 0 Å². The number of rotatable bonds is 8. The lowest BCUT2D eigenvalue weighted by atomic mass is 10.4. The van der Waals surface area contributed by atoms with E-state index >= 15 is 0 Å². The Bertz CT molecular complexity index is 306. The van der Waals surface area contributed by atoms with Crippen LogP contribution in [-0.2, 0) is 14.8 Å². The lowest BCUT2D eigenvalue weighted by molar-refractivity contribution is -0.121. The Morgan fingerprint density at radius 1 is 1.31 bits per heavy atom. The Kier molecular flexibility index (Phi) is 7.70. The zero-order chi connectivity index (χ0) is 12.6. The van der Waals surface area contributed by atoms with Crippen molar-refractivity contribution in [3.8, 4) is 0 Å². The molecule has 1 N–H and O–H groups in total. The molecular weight excluding hydrogens is 252 g/mol. The summed E-state index contributed by atoms with van der Waals surface area (Å²) in [6.07, 6.45) is 1.47. The number of hydrogen-bond donors (Lipinski definition) is 1. The van der Waals surface area contributed by atoms with Crippen molar-refractivity contribution in [2.75, 3.05) is 24.8 Å². The first-order valence-corrected chi connectivity index (χ1v) is 7.42. The summed E-state index contributed by atoms with van der Waals surface area (Å²) in [5, 5.41) is 2.14. The van der Waals surface area contributed by atoms with E-state index < -0.39 is 15.2 Å². The van der Waals surface area contributed by atoms with Crippen molar-refractivity contribution in [3.63, 3.8) is 0 Å². The third kappa shape index (κ3) is 5.67. The molecule has 1 amide bonds. The van der Waals surface area contributed by atoms with E-state index in [2.05, 4.69) is 5.32 Å². The van der Waals surface area contributed by atoms with Gasteiger partial charge in [0.2, 0.25) is 15.9 Å². The van der Waals surface area contributed by atoms with E-state index in [-0.39, 0.29) is 12.5 Å². The molecule has 0 aromatic rings. The Labute approximate surface area is 102 Å². The van der Waals surface area contributed by atoms with E-state index in [1.807, 2.05) is 13.8 Å². The Morgan fingerprint density at radius 2 is 1.94 bits per heavy atom. The topological polar surface area (TPSA) is 66.5 Å². The van der Waals surface area contributed by atoms with Crippen molar-refractivity contribution < 1.29 is 13.2 Å². The Morgan fingerprint density at radius 3 is 2.38 bits per heavy atom. The number of nitrogens with one attached hydrogen (secondary N) is 1. The first-order chi connectivity index (χ1) is 7.47. The lowest BCUT2D eigenvalue weighted by Gasteiger charge is -2.19. The van der Waals surface area contributed by atoms with Gasteiger partial charge in [-0.25, -0.2) is 8.42 Å². The van der Waals surface area contributed by atoms with E-state index in [4.69, 9.17) is 11.6 Å². The SMILES string of the molecule is CCCNC(=O)CN(CCC)S(=O)(=O)CCl. The number of sulfonamides is 1. The molecule has 0 bridgehead atoms. The van der Waals surface area contributed by atoms with Crippen LogP contribution in [0.3, 0.4) is 0 Å². The lowest BCUT2D eigenvalue weighted by Crippen LogP contribution is -2.41. The number of amides is 1. The molecule has 0 aromatic carbocycles. The predicted octanol–water partition coefficient (Wildman–Crippen LogP) is 0.751. The normalized spacial score (nSPS) is 11.8. The molecule has 0 aliphatic carbocycles. The highest BCUT2D eigenvalue weighted by atomic mass is 35.5. The van der Waals surface area contributed by atoms with Crippen molar-refractivity contribution in [1.82, 2.24) is 9.62 Å². The highest BCUT2D eigenvalue weighted by Gasteiger charge is 2.22. The van der Waals surface area contributed by atoms with Crippen molar-refractivity contribution in [2.24, 2.45) is 0 Å². The number of nitrogens with zero attached hydrogens (tertiary/aromatic N) is 1. The average molecular weight is 271 g/mol. The molecule has 0 aromatic heterocycles. The van der Waals surface area contributed by atoms with Crippen LogP contribution in [0.5, 0.6) is 0 Å². The van der Waals surface area contributed by atoms with Gasteiger partial charge in [0.1, 0.15) is 5.21 Å². The van der Waals surface area contributed by atoms with Crippen LogP contribution >= 0.6 is 11.6 Å². The van der Waals surface area contributed by atoms with Crippen molar-refractivity contribution in [1.29, 1.82) is 0 Å². The minimum absolute atomic E-state index is 0.150. The minimum Gasteiger partial charge on any atom is -0.355 e. The van der Waals surface area contributed by atoms with Gasteiger partial charge >= 0.3 is 0 Å². The molecule has 0 unspecified atom stereocenters. The first kappa shape index (κ1) is 15.7. The highest BCUT2D eigenvalue weighted by Crippen LogP contribution is 2.04. The van der Waals surface area contributed by atoms with Crippen LogP contribution < -0.4 is 5.32 Å². The van der Waals surface area contributed by atoms with Gasteiger partial charge in [0, 0.05) is 13.1 Å². The van der Waals surface area contributed by atoms with Crippen molar-refractivity contribution in [2.45, 2.75) is 26.7 Å². The third-order valence-electron chi connectivity index (χ3n) is 1.90. The molecule has 0 saturated carbocycles. The molecule has 96 valence electrons. The fraction of sp³-hybridized carbons (Fsp3) is 0.889. The zero-order valence-corrected chi connectivity index (χ0v) is 11.3. The Balaban J connectivity index is 4.40. The quantitative estimate of drug-likeness (QED) is 0.662. The summed E-state index contributed by atoms with van der Waals surface area (Å²) in [5.41, 5.74) is 0. The molecule has 0 aliphatic rings. The summed E-state index contributed by atoms with van der Waals surface area (Å²) in [4.78, 5) is 11.4.